The summed E-state index contributed by atoms with van der Waals surface area (Å²) in [6.07, 6.45) is 6.73. The lowest BCUT2D eigenvalue weighted by atomic mass is 10.1. The van der Waals surface area contributed by atoms with Gasteiger partial charge >= 0.3 is 11.9 Å². The van der Waals surface area contributed by atoms with Crippen LogP contribution in [0.25, 0.3) is 0 Å². The van der Waals surface area contributed by atoms with E-state index in [9.17, 15) is 14.4 Å². The Balaban J connectivity index is 1.76. The maximum Gasteiger partial charge on any atom is 0.341 e. The molecule has 0 saturated heterocycles. The van der Waals surface area contributed by atoms with Crippen molar-refractivity contribution < 1.29 is 23.9 Å². The van der Waals surface area contributed by atoms with Gasteiger partial charge in [-0.05, 0) is 50.3 Å². The number of carbonyl (C=O) groups excluding carboxylic acids is 3. The minimum atomic E-state index is -1.03. The van der Waals surface area contributed by atoms with Crippen LogP contribution in [0.4, 0.5) is 5.00 Å². The second-order valence-corrected chi connectivity index (χ2v) is 7.64. The Morgan fingerprint density at radius 1 is 1.18 bits per heavy atom. The molecule has 2 heterocycles. The van der Waals surface area contributed by atoms with E-state index >= 15 is 0 Å². The van der Waals surface area contributed by atoms with E-state index in [0.717, 1.165) is 42.5 Å². The van der Waals surface area contributed by atoms with Crippen molar-refractivity contribution in [1.82, 2.24) is 4.98 Å². The van der Waals surface area contributed by atoms with Gasteiger partial charge in [-0.15, -0.1) is 11.3 Å². The van der Waals surface area contributed by atoms with Gasteiger partial charge in [-0.3, -0.25) is 9.78 Å². The lowest BCUT2D eigenvalue weighted by molar-refractivity contribution is -0.123. The zero-order chi connectivity index (χ0) is 20.1. The number of pyridine rings is 1. The summed E-state index contributed by atoms with van der Waals surface area (Å²) in [4.78, 5) is 42.0. The molecule has 1 aliphatic carbocycles. The number of hydrogen-bond donors (Lipinski definition) is 1. The van der Waals surface area contributed by atoms with Crippen molar-refractivity contribution in [2.24, 2.45) is 0 Å². The van der Waals surface area contributed by atoms with Crippen LogP contribution in [-0.4, -0.2) is 36.0 Å². The van der Waals surface area contributed by atoms with Crippen LogP contribution in [0, 0.1) is 0 Å². The Kier molecular flexibility index (Phi) is 6.41. The van der Waals surface area contributed by atoms with E-state index in [4.69, 9.17) is 9.47 Å². The number of nitrogens with zero attached hydrogens (tertiary/aromatic N) is 1. The molecule has 0 aliphatic heterocycles. The average molecular weight is 402 g/mol. The van der Waals surface area contributed by atoms with Crippen molar-refractivity contribution in [3.8, 4) is 0 Å². The summed E-state index contributed by atoms with van der Waals surface area (Å²) in [6.45, 7) is 1.49. The van der Waals surface area contributed by atoms with E-state index in [1.165, 1.54) is 31.6 Å². The molecule has 7 nitrogen and oxygen atoms in total. The van der Waals surface area contributed by atoms with Gasteiger partial charge in [0.05, 0.1) is 18.2 Å². The van der Waals surface area contributed by atoms with Crippen LogP contribution in [0.2, 0.25) is 0 Å². The van der Waals surface area contributed by atoms with Crippen molar-refractivity contribution >= 4 is 34.2 Å². The van der Waals surface area contributed by atoms with Gasteiger partial charge in [0, 0.05) is 17.3 Å². The number of hydrogen-bond acceptors (Lipinski definition) is 7. The first-order chi connectivity index (χ1) is 13.5. The molecule has 0 spiro atoms. The highest BCUT2D eigenvalue weighted by Gasteiger charge is 2.28. The van der Waals surface area contributed by atoms with Gasteiger partial charge in [0.15, 0.2) is 6.10 Å². The summed E-state index contributed by atoms with van der Waals surface area (Å²) < 4.78 is 10.1. The summed E-state index contributed by atoms with van der Waals surface area (Å²) >= 11 is 1.40. The molecule has 0 aromatic carbocycles. The number of nitrogens with one attached hydrogen (secondary N) is 1. The summed E-state index contributed by atoms with van der Waals surface area (Å²) in [7, 11) is 1.33. The van der Waals surface area contributed by atoms with Crippen LogP contribution in [0.5, 0.6) is 0 Å². The molecule has 1 unspecified atom stereocenters. The summed E-state index contributed by atoms with van der Waals surface area (Å²) in [6, 6.07) is 3.17. The van der Waals surface area contributed by atoms with Gasteiger partial charge < -0.3 is 14.8 Å². The van der Waals surface area contributed by atoms with Gasteiger partial charge in [-0.1, -0.05) is 6.42 Å². The third-order valence-corrected chi connectivity index (χ3v) is 5.81. The Morgan fingerprint density at radius 2 is 1.96 bits per heavy atom. The van der Waals surface area contributed by atoms with E-state index in [0.29, 0.717) is 10.6 Å². The molecule has 148 valence electrons. The van der Waals surface area contributed by atoms with Crippen LogP contribution >= 0.6 is 11.3 Å². The molecule has 3 rings (SSSR count). The molecule has 0 saturated carbocycles. The molecule has 1 atom stereocenters. The highest BCUT2D eigenvalue weighted by atomic mass is 32.1. The van der Waals surface area contributed by atoms with Crippen LogP contribution < -0.4 is 5.32 Å². The summed E-state index contributed by atoms with van der Waals surface area (Å²) in [5.41, 5.74) is 1.65. The van der Waals surface area contributed by atoms with E-state index in [2.05, 4.69) is 10.3 Å². The molecule has 1 amide bonds. The molecule has 2 aromatic rings. The quantitative estimate of drug-likeness (QED) is 0.609. The third kappa shape index (κ3) is 4.39. The predicted molar refractivity (Wildman–Crippen MR) is 105 cm³/mol. The monoisotopic (exact) mass is 402 g/mol. The van der Waals surface area contributed by atoms with Gasteiger partial charge in [0.25, 0.3) is 5.91 Å². The van der Waals surface area contributed by atoms with Crippen LogP contribution in [0.15, 0.2) is 24.5 Å². The fourth-order valence-electron chi connectivity index (χ4n) is 3.13. The molecule has 2 aromatic heterocycles. The Morgan fingerprint density at radius 3 is 2.68 bits per heavy atom. The molecule has 0 fully saturated rings. The largest absolute Gasteiger partial charge is 0.465 e. The standard InChI is InChI=1S/C20H22N2O5S/c1-12(27-19(24)13-7-6-10-21-11-13)17(23)22-18-16(20(25)26-2)14-8-4-3-5-9-15(14)28-18/h6-7,10-12H,3-5,8-9H2,1-2H3,(H,22,23). The minimum Gasteiger partial charge on any atom is -0.465 e. The normalized spacial score (nSPS) is 14.4. The molecule has 8 heteroatoms. The van der Waals surface area contributed by atoms with Crippen LogP contribution in [-0.2, 0) is 27.1 Å². The number of ether oxygens (including phenoxy) is 2. The van der Waals surface area contributed by atoms with Crippen molar-refractivity contribution in [2.75, 3.05) is 12.4 Å². The van der Waals surface area contributed by atoms with Crippen molar-refractivity contribution in [1.29, 1.82) is 0 Å². The van der Waals surface area contributed by atoms with Crippen LogP contribution in [0.3, 0.4) is 0 Å². The number of rotatable bonds is 5. The Bertz CT molecular complexity index is 878. The zero-order valence-electron chi connectivity index (χ0n) is 15.8. The van der Waals surface area contributed by atoms with Crippen molar-refractivity contribution in [3.63, 3.8) is 0 Å². The number of thiophene rings is 1. The van der Waals surface area contributed by atoms with E-state index in [-0.39, 0.29) is 5.56 Å². The number of esters is 2. The number of carbonyl (C=O) groups is 3. The highest BCUT2D eigenvalue weighted by Crippen LogP contribution is 2.38. The molecule has 0 radical (unpaired) electrons. The predicted octanol–water partition coefficient (Wildman–Crippen LogP) is 3.38. The Labute approximate surface area is 167 Å². The smallest absolute Gasteiger partial charge is 0.341 e. The van der Waals surface area contributed by atoms with Crippen LogP contribution in [0.1, 0.15) is 57.3 Å². The van der Waals surface area contributed by atoms with E-state index in [1.54, 1.807) is 18.3 Å². The average Bonchev–Trinajstić information content (AvgIpc) is 2.88. The number of amides is 1. The second-order valence-electron chi connectivity index (χ2n) is 6.54. The van der Waals surface area contributed by atoms with E-state index in [1.807, 2.05) is 0 Å². The molecule has 0 bridgehead atoms. The number of aromatic nitrogens is 1. The van der Waals surface area contributed by atoms with Gasteiger partial charge in [0.2, 0.25) is 0 Å². The minimum absolute atomic E-state index is 0.264. The highest BCUT2D eigenvalue weighted by molar-refractivity contribution is 7.17. The molecular weight excluding hydrogens is 380 g/mol. The number of anilines is 1. The van der Waals surface area contributed by atoms with Gasteiger partial charge in [0.1, 0.15) is 5.00 Å². The van der Waals surface area contributed by atoms with Gasteiger partial charge in [-0.2, -0.15) is 0 Å². The van der Waals surface area contributed by atoms with Crippen molar-refractivity contribution in [2.45, 2.75) is 45.1 Å². The number of methoxy groups -OCH3 is 1. The summed E-state index contributed by atoms with van der Waals surface area (Å²) in [5.74, 6) is -1.60. The molecule has 1 aliphatic rings. The first-order valence-corrected chi connectivity index (χ1v) is 9.97. The first kappa shape index (κ1) is 20.0. The molecule has 1 N–H and O–H groups in total. The van der Waals surface area contributed by atoms with E-state index < -0.39 is 23.9 Å². The maximum atomic E-state index is 12.6. The number of fused-ring (bicyclic) bond motifs is 1. The van der Waals surface area contributed by atoms with Crippen molar-refractivity contribution in [3.05, 3.63) is 46.1 Å². The fraction of sp³-hybridized carbons (Fsp3) is 0.400. The fourth-order valence-corrected chi connectivity index (χ4v) is 4.41. The molecular formula is C20H22N2O5S. The maximum absolute atomic E-state index is 12.6. The lowest BCUT2D eigenvalue weighted by Gasteiger charge is -2.13. The lowest BCUT2D eigenvalue weighted by Crippen LogP contribution is -2.30. The Hall–Kier alpha value is -2.74. The molecule has 28 heavy (non-hydrogen) atoms. The summed E-state index contributed by atoms with van der Waals surface area (Å²) in [5, 5.41) is 3.20. The third-order valence-electron chi connectivity index (χ3n) is 4.60. The second kappa shape index (κ2) is 8.97. The topological polar surface area (TPSA) is 94.6 Å². The first-order valence-electron chi connectivity index (χ1n) is 9.16. The number of aryl methyl sites for hydroxylation is 1. The van der Waals surface area contributed by atoms with Gasteiger partial charge in [-0.25, -0.2) is 9.59 Å². The zero-order valence-corrected chi connectivity index (χ0v) is 16.6. The SMILES string of the molecule is COC(=O)c1c(NC(=O)C(C)OC(=O)c2cccnc2)sc2c1CCCCC2.